The Kier molecular flexibility index (Phi) is 3.44. The summed E-state index contributed by atoms with van der Waals surface area (Å²) in [7, 11) is 0. The van der Waals surface area contributed by atoms with Crippen molar-refractivity contribution in [2.75, 3.05) is 5.73 Å². The molecule has 94 valence electrons. The van der Waals surface area contributed by atoms with E-state index in [0.717, 1.165) is 0 Å². The van der Waals surface area contributed by atoms with Crippen molar-refractivity contribution in [1.82, 2.24) is 4.98 Å². The zero-order valence-electron chi connectivity index (χ0n) is 10.3. The molecule has 19 heavy (non-hydrogen) atoms. The number of carbonyl (C=O) groups is 1. The van der Waals surface area contributed by atoms with Gasteiger partial charge in [0.05, 0.1) is 5.56 Å². The molecule has 5 heteroatoms. The second kappa shape index (κ2) is 5.19. The van der Waals surface area contributed by atoms with Gasteiger partial charge in [0.2, 0.25) is 0 Å². The van der Waals surface area contributed by atoms with Crippen LogP contribution in [-0.4, -0.2) is 10.8 Å². The molecule has 0 aliphatic carbocycles. The Hall–Kier alpha value is -2.87. The van der Waals surface area contributed by atoms with E-state index in [1.165, 1.54) is 13.1 Å². The monoisotopic (exact) mass is 253 g/mol. The minimum atomic E-state index is -0.162. The molecule has 0 saturated carbocycles. The molecule has 2 rings (SSSR count). The van der Waals surface area contributed by atoms with Gasteiger partial charge in [-0.1, -0.05) is 0 Å². The van der Waals surface area contributed by atoms with E-state index in [4.69, 9.17) is 15.7 Å². The smallest absolute Gasteiger partial charge is 0.183 e. The molecule has 5 nitrogen and oxygen atoms in total. The third kappa shape index (κ3) is 2.69. The van der Waals surface area contributed by atoms with E-state index in [0.29, 0.717) is 22.7 Å². The molecule has 0 spiro atoms. The lowest BCUT2D eigenvalue weighted by Crippen LogP contribution is -2.00. The Morgan fingerprint density at radius 3 is 2.84 bits per heavy atom. The van der Waals surface area contributed by atoms with Gasteiger partial charge in [-0.05, 0) is 37.3 Å². The van der Waals surface area contributed by atoms with Crippen molar-refractivity contribution < 1.29 is 9.53 Å². The maximum atomic E-state index is 11.5. The van der Waals surface area contributed by atoms with Crippen LogP contribution in [0, 0.1) is 11.3 Å². The fourth-order valence-electron chi connectivity index (χ4n) is 1.59. The van der Waals surface area contributed by atoms with Gasteiger partial charge in [0.1, 0.15) is 11.8 Å². The fraction of sp³-hybridized carbons (Fsp3) is 0.0714. The van der Waals surface area contributed by atoms with E-state index in [1.54, 1.807) is 30.3 Å². The van der Waals surface area contributed by atoms with Crippen LogP contribution < -0.4 is 10.5 Å². The number of hydrogen-bond donors (Lipinski definition) is 1. The first-order valence-electron chi connectivity index (χ1n) is 5.55. The second-order valence-corrected chi connectivity index (χ2v) is 3.88. The Balaban J connectivity index is 2.44. The summed E-state index contributed by atoms with van der Waals surface area (Å²) in [4.78, 5) is 15.4. The number of nitriles is 1. The molecule has 0 unspecified atom stereocenters. The zero-order valence-corrected chi connectivity index (χ0v) is 10.3. The quantitative estimate of drug-likeness (QED) is 0.670. The number of Topliss-reactive ketones (excluding diaryl/α,β-unsaturated/α-hetero) is 1. The van der Waals surface area contributed by atoms with Gasteiger partial charge in [-0.2, -0.15) is 5.26 Å². The summed E-state index contributed by atoms with van der Waals surface area (Å²) in [6, 6.07) is 9.97. The van der Waals surface area contributed by atoms with Crippen LogP contribution in [0.25, 0.3) is 0 Å². The fourth-order valence-corrected chi connectivity index (χ4v) is 1.59. The molecule has 2 aromatic rings. The molecular weight excluding hydrogens is 242 g/mol. The molecule has 1 aromatic heterocycles. The van der Waals surface area contributed by atoms with Crippen molar-refractivity contribution >= 4 is 11.5 Å². The lowest BCUT2D eigenvalue weighted by molar-refractivity contribution is 0.101. The SMILES string of the molecule is CC(=O)c1cc(N)ccc1Oc1cccnc1C#N. The van der Waals surface area contributed by atoms with Crippen LogP contribution in [0.3, 0.4) is 0 Å². The molecule has 0 aliphatic heterocycles. The van der Waals surface area contributed by atoms with Gasteiger partial charge in [0.25, 0.3) is 0 Å². The normalized spacial score (nSPS) is 9.68. The summed E-state index contributed by atoms with van der Waals surface area (Å²) in [6.45, 7) is 1.43. The lowest BCUT2D eigenvalue weighted by atomic mass is 10.1. The number of ketones is 1. The number of hydrogen-bond acceptors (Lipinski definition) is 5. The minimum Gasteiger partial charge on any atom is -0.454 e. The van der Waals surface area contributed by atoms with Crippen LogP contribution >= 0.6 is 0 Å². The molecule has 0 radical (unpaired) electrons. The number of nitrogens with zero attached hydrogens (tertiary/aromatic N) is 2. The Morgan fingerprint density at radius 2 is 2.16 bits per heavy atom. The van der Waals surface area contributed by atoms with Crippen molar-refractivity contribution in [2.24, 2.45) is 0 Å². The van der Waals surface area contributed by atoms with Crippen LogP contribution in [0.2, 0.25) is 0 Å². The maximum Gasteiger partial charge on any atom is 0.183 e. The Labute approximate surface area is 110 Å². The highest BCUT2D eigenvalue weighted by atomic mass is 16.5. The number of carbonyl (C=O) groups excluding carboxylic acids is 1. The molecule has 2 N–H and O–H groups in total. The number of benzene rings is 1. The number of nitrogens with two attached hydrogens (primary N) is 1. The van der Waals surface area contributed by atoms with E-state index in [2.05, 4.69) is 4.98 Å². The first kappa shape index (κ1) is 12.6. The third-order valence-corrected chi connectivity index (χ3v) is 2.48. The molecule has 0 aliphatic rings. The second-order valence-electron chi connectivity index (χ2n) is 3.88. The summed E-state index contributed by atoms with van der Waals surface area (Å²) in [6.07, 6.45) is 1.50. The summed E-state index contributed by atoms with van der Waals surface area (Å²) in [5.74, 6) is 0.494. The molecule has 0 saturated heterocycles. The average Bonchev–Trinajstić information content (AvgIpc) is 2.41. The van der Waals surface area contributed by atoms with Crippen LogP contribution in [0.5, 0.6) is 11.5 Å². The number of anilines is 1. The summed E-state index contributed by atoms with van der Waals surface area (Å²) in [5, 5.41) is 8.94. The number of aromatic nitrogens is 1. The van der Waals surface area contributed by atoms with Gasteiger partial charge in [-0.25, -0.2) is 4.98 Å². The van der Waals surface area contributed by atoms with E-state index >= 15 is 0 Å². The third-order valence-electron chi connectivity index (χ3n) is 2.48. The molecule has 0 amide bonds. The predicted octanol–water partition coefficient (Wildman–Crippen LogP) is 2.53. The summed E-state index contributed by atoms with van der Waals surface area (Å²) in [5.41, 5.74) is 6.65. The summed E-state index contributed by atoms with van der Waals surface area (Å²) < 4.78 is 5.59. The van der Waals surface area contributed by atoms with Crippen molar-refractivity contribution in [3.63, 3.8) is 0 Å². The van der Waals surface area contributed by atoms with Crippen LogP contribution in [0.4, 0.5) is 5.69 Å². The van der Waals surface area contributed by atoms with E-state index in [-0.39, 0.29) is 11.5 Å². The van der Waals surface area contributed by atoms with Crippen LogP contribution in [-0.2, 0) is 0 Å². The van der Waals surface area contributed by atoms with Crippen molar-refractivity contribution in [2.45, 2.75) is 6.92 Å². The van der Waals surface area contributed by atoms with Gasteiger partial charge in [0, 0.05) is 11.9 Å². The molecular formula is C14H11N3O2. The van der Waals surface area contributed by atoms with E-state index < -0.39 is 0 Å². The van der Waals surface area contributed by atoms with Crippen LogP contribution in [0.1, 0.15) is 23.0 Å². The van der Waals surface area contributed by atoms with Gasteiger partial charge in [0.15, 0.2) is 17.2 Å². The largest absolute Gasteiger partial charge is 0.454 e. The van der Waals surface area contributed by atoms with Gasteiger partial charge < -0.3 is 10.5 Å². The number of ether oxygens (including phenoxy) is 1. The summed E-state index contributed by atoms with van der Waals surface area (Å²) >= 11 is 0. The standard InChI is InChI=1S/C14H11N3O2/c1-9(18)11-7-10(16)4-5-13(11)19-14-3-2-6-17-12(14)8-15/h2-7H,16H2,1H3. The van der Waals surface area contributed by atoms with Gasteiger partial charge in [-0.3, -0.25) is 4.79 Å². The molecule has 0 bridgehead atoms. The van der Waals surface area contributed by atoms with Crippen LogP contribution in [0.15, 0.2) is 36.5 Å². The van der Waals surface area contributed by atoms with E-state index in [1.807, 2.05) is 6.07 Å². The highest BCUT2D eigenvalue weighted by Crippen LogP contribution is 2.28. The molecule has 0 fully saturated rings. The maximum absolute atomic E-state index is 11.5. The minimum absolute atomic E-state index is 0.161. The van der Waals surface area contributed by atoms with E-state index in [9.17, 15) is 4.79 Å². The highest BCUT2D eigenvalue weighted by molar-refractivity contribution is 5.97. The Bertz CT molecular complexity index is 675. The van der Waals surface area contributed by atoms with Crippen molar-refractivity contribution in [3.05, 3.63) is 47.8 Å². The predicted molar refractivity (Wildman–Crippen MR) is 69.9 cm³/mol. The first-order valence-corrected chi connectivity index (χ1v) is 5.55. The number of rotatable bonds is 3. The molecule has 0 atom stereocenters. The molecule has 1 aromatic carbocycles. The topological polar surface area (TPSA) is 89.0 Å². The highest BCUT2D eigenvalue weighted by Gasteiger charge is 2.12. The lowest BCUT2D eigenvalue weighted by Gasteiger charge is -2.10. The number of nitrogen functional groups attached to an aromatic ring is 1. The van der Waals surface area contributed by atoms with Crippen molar-refractivity contribution in [3.8, 4) is 17.6 Å². The average molecular weight is 253 g/mol. The molecule has 1 heterocycles. The number of pyridine rings is 1. The van der Waals surface area contributed by atoms with Crippen molar-refractivity contribution in [1.29, 1.82) is 5.26 Å². The van der Waals surface area contributed by atoms with Gasteiger partial charge >= 0.3 is 0 Å². The van der Waals surface area contributed by atoms with Gasteiger partial charge in [-0.15, -0.1) is 0 Å². The Morgan fingerprint density at radius 1 is 1.37 bits per heavy atom. The zero-order chi connectivity index (χ0) is 13.8. The first-order chi connectivity index (χ1) is 9.11.